The summed E-state index contributed by atoms with van der Waals surface area (Å²) in [5.74, 6) is -0.653. The molecule has 1 aromatic carbocycles. The van der Waals surface area contributed by atoms with Crippen molar-refractivity contribution >= 4 is 17.8 Å². The third-order valence-corrected chi connectivity index (χ3v) is 4.00. The number of halogens is 1. The number of urea groups is 1. The molecule has 1 aliphatic rings. The Kier molecular flexibility index (Phi) is 4.20. The number of nitrogens with two attached hydrogens (primary N) is 1. The van der Waals surface area contributed by atoms with E-state index in [9.17, 15) is 14.0 Å². The van der Waals surface area contributed by atoms with Crippen molar-refractivity contribution in [2.24, 2.45) is 11.7 Å². The molecule has 3 rings (SSSR count). The van der Waals surface area contributed by atoms with Crippen LogP contribution in [0.4, 0.5) is 15.0 Å². The highest BCUT2D eigenvalue weighted by Gasteiger charge is 2.28. The van der Waals surface area contributed by atoms with Gasteiger partial charge in [-0.3, -0.25) is 10.1 Å². The van der Waals surface area contributed by atoms with Gasteiger partial charge in [-0.05, 0) is 37.8 Å². The van der Waals surface area contributed by atoms with Crippen LogP contribution in [0.1, 0.15) is 30.1 Å². The molecule has 0 aliphatic heterocycles. The molecule has 1 aliphatic carbocycles. The Labute approximate surface area is 138 Å². The van der Waals surface area contributed by atoms with Crippen molar-refractivity contribution in [2.45, 2.75) is 25.8 Å². The van der Waals surface area contributed by atoms with Gasteiger partial charge in [0, 0.05) is 24.4 Å². The average molecular weight is 331 g/mol. The second-order valence-electron chi connectivity index (χ2n) is 5.90. The fourth-order valence-corrected chi connectivity index (χ4v) is 2.45. The molecule has 2 aromatic rings. The van der Waals surface area contributed by atoms with Gasteiger partial charge in [0.15, 0.2) is 5.82 Å². The molecule has 0 unspecified atom stereocenters. The Hall–Kier alpha value is -2.90. The minimum absolute atomic E-state index is 0.127. The van der Waals surface area contributed by atoms with Crippen molar-refractivity contribution in [3.63, 3.8) is 0 Å². The first kappa shape index (κ1) is 16.0. The zero-order valence-corrected chi connectivity index (χ0v) is 13.1. The lowest BCUT2D eigenvalue weighted by Gasteiger charge is -2.12. The van der Waals surface area contributed by atoms with Crippen molar-refractivity contribution in [1.29, 1.82) is 0 Å². The molecule has 7 nitrogen and oxygen atoms in total. The summed E-state index contributed by atoms with van der Waals surface area (Å²) in [6, 6.07) is 5.38. The quantitative estimate of drug-likeness (QED) is 0.781. The Morgan fingerprint density at radius 3 is 2.75 bits per heavy atom. The lowest BCUT2D eigenvalue weighted by atomic mass is 10.2. The molecule has 0 saturated heterocycles. The minimum atomic E-state index is -0.830. The number of amides is 3. The largest absolute Gasteiger partial charge is 0.366 e. The van der Waals surface area contributed by atoms with Gasteiger partial charge in [0.05, 0.1) is 11.3 Å². The first-order chi connectivity index (χ1) is 11.4. The number of carbonyl (C=O) groups is 2. The standard InChI is InChI=1S/C16H18FN5O2/c1-9(10-2-3-10)19-16(24)20-14-6-7-22(21-14)11-4-5-12(15(18)23)13(17)8-11/h4-10H,2-3H2,1H3,(H2,18,23)(H2,19,20,21,24)/t9-/m0/s1. The summed E-state index contributed by atoms with van der Waals surface area (Å²) in [5.41, 5.74) is 5.30. The average Bonchev–Trinajstić information content (AvgIpc) is 3.27. The van der Waals surface area contributed by atoms with Crippen LogP contribution in [0.3, 0.4) is 0 Å². The normalized spacial score (nSPS) is 14.9. The summed E-state index contributed by atoms with van der Waals surface area (Å²) in [4.78, 5) is 22.9. The van der Waals surface area contributed by atoms with Crippen molar-refractivity contribution in [1.82, 2.24) is 15.1 Å². The molecule has 24 heavy (non-hydrogen) atoms. The SMILES string of the molecule is C[C@H](NC(=O)Nc1ccn(-c2ccc(C(N)=O)c(F)c2)n1)C1CC1. The molecule has 8 heteroatoms. The molecule has 3 amide bonds. The van der Waals surface area contributed by atoms with Crippen LogP contribution in [0.15, 0.2) is 30.5 Å². The maximum absolute atomic E-state index is 13.8. The van der Waals surface area contributed by atoms with Crippen LogP contribution in [0.2, 0.25) is 0 Å². The number of primary amides is 1. The van der Waals surface area contributed by atoms with Crippen LogP contribution in [0.5, 0.6) is 0 Å². The van der Waals surface area contributed by atoms with E-state index in [4.69, 9.17) is 5.73 Å². The highest BCUT2D eigenvalue weighted by molar-refractivity contribution is 5.93. The third kappa shape index (κ3) is 3.53. The van der Waals surface area contributed by atoms with E-state index < -0.39 is 11.7 Å². The van der Waals surface area contributed by atoms with Gasteiger partial charge in [0.2, 0.25) is 0 Å². The first-order valence-corrected chi connectivity index (χ1v) is 7.67. The second-order valence-corrected chi connectivity index (χ2v) is 5.90. The number of anilines is 1. The summed E-state index contributed by atoms with van der Waals surface area (Å²) in [5, 5.41) is 9.66. The number of carbonyl (C=O) groups excluding carboxylic acids is 2. The van der Waals surface area contributed by atoms with Gasteiger partial charge >= 0.3 is 6.03 Å². The summed E-state index contributed by atoms with van der Waals surface area (Å²) in [6.45, 7) is 1.97. The summed E-state index contributed by atoms with van der Waals surface area (Å²) in [6.07, 6.45) is 3.87. The number of hydrogen-bond acceptors (Lipinski definition) is 3. The van der Waals surface area contributed by atoms with E-state index in [2.05, 4.69) is 15.7 Å². The van der Waals surface area contributed by atoms with Gasteiger partial charge in [-0.15, -0.1) is 5.10 Å². The molecular weight excluding hydrogens is 313 g/mol. The number of benzene rings is 1. The van der Waals surface area contributed by atoms with E-state index >= 15 is 0 Å². The molecule has 1 fully saturated rings. The minimum Gasteiger partial charge on any atom is -0.366 e. The number of nitrogens with one attached hydrogen (secondary N) is 2. The molecule has 126 valence electrons. The number of nitrogens with zero attached hydrogens (tertiary/aromatic N) is 2. The lowest BCUT2D eigenvalue weighted by Crippen LogP contribution is -2.37. The predicted molar refractivity (Wildman–Crippen MR) is 86.4 cm³/mol. The molecule has 0 radical (unpaired) electrons. The zero-order valence-electron chi connectivity index (χ0n) is 13.1. The molecule has 1 aromatic heterocycles. The van der Waals surface area contributed by atoms with Crippen LogP contribution in [0, 0.1) is 11.7 Å². The van der Waals surface area contributed by atoms with Crippen molar-refractivity contribution in [3.8, 4) is 5.69 Å². The van der Waals surface area contributed by atoms with Gasteiger partial charge in [0.25, 0.3) is 5.91 Å². The van der Waals surface area contributed by atoms with Crippen molar-refractivity contribution < 1.29 is 14.0 Å². The van der Waals surface area contributed by atoms with Gasteiger partial charge in [-0.25, -0.2) is 13.9 Å². The monoisotopic (exact) mass is 331 g/mol. The third-order valence-electron chi connectivity index (χ3n) is 4.00. The van der Waals surface area contributed by atoms with Gasteiger partial charge in [-0.2, -0.15) is 0 Å². The van der Waals surface area contributed by atoms with Crippen LogP contribution >= 0.6 is 0 Å². The Morgan fingerprint density at radius 1 is 1.38 bits per heavy atom. The van der Waals surface area contributed by atoms with E-state index in [0.29, 0.717) is 17.4 Å². The molecule has 4 N–H and O–H groups in total. The summed E-state index contributed by atoms with van der Waals surface area (Å²) < 4.78 is 15.2. The molecule has 1 saturated carbocycles. The molecule has 1 heterocycles. The van der Waals surface area contributed by atoms with E-state index in [1.165, 1.54) is 16.8 Å². The highest BCUT2D eigenvalue weighted by atomic mass is 19.1. The molecule has 1 atom stereocenters. The van der Waals surface area contributed by atoms with E-state index in [0.717, 1.165) is 18.9 Å². The van der Waals surface area contributed by atoms with Crippen LogP contribution in [-0.4, -0.2) is 27.8 Å². The molecule has 0 bridgehead atoms. The smallest absolute Gasteiger partial charge is 0.320 e. The first-order valence-electron chi connectivity index (χ1n) is 7.67. The van der Waals surface area contributed by atoms with Gasteiger partial charge in [0.1, 0.15) is 5.82 Å². The lowest BCUT2D eigenvalue weighted by molar-refractivity contribution is 0.0996. The Morgan fingerprint density at radius 2 is 2.12 bits per heavy atom. The van der Waals surface area contributed by atoms with Crippen molar-refractivity contribution in [2.75, 3.05) is 5.32 Å². The Balaban J connectivity index is 1.67. The summed E-state index contributed by atoms with van der Waals surface area (Å²) in [7, 11) is 0. The van der Waals surface area contributed by atoms with E-state index in [1.54, 1.807) is 12.3 Å². The zero-order chi connectivity index (χ0) is 17.3. The predicted octanol–water partition coefficient (Wildman–Crippen LogP) is 2.03. The molecule has 0 spiro atoms. The van der Waals surface area contributed by atoms with Crippen LogP contribution < -0.4 is 16.4 Å². The fourth-order valence-electron chi connectivity index (χ4n) is 2.45. The van der Waals surface area contributed by atoms with E-state index in [1.807, 2.05) is 6.92 Å². The van der Waals surface area contributed by atoms with Crippen molar-refractivity contribution in [3.05, 3.63) is 41.8 Å². The maximum atomic E-state index is 13.8. The van der Waals surface area contributed by atoms with E-state index in [-0.39, 0.29) is 17.6 Å². The Bertz CT molecular complexity index is 785. The van der Waals surface area contributed by atoms with Crippen LogP contribution in [0.25, 0.3) is 5.69 Å². The number of rotatable bonds is 5. The fraction of sp³-hybridized carbons (Fsp3) is 0.312. The molecular formula is C16H18FN5O2. The van der Waals surface area contributed by atoms with Gasteiger partial charge in [-0.1, -0.05) is 0 Å². The van der Waals surface area contributed by atoms with Crippen LogP contribution in [-0.2, 0) is 0 Å². The summed E-state index contributed by atoms with van der Waals surface area (Å²) >= 11 is 0. The number of hydrogen-bond donors (Lipinski definition) is 3. The number of aromatic nitrogens is 2. The topological polar surface area (TPSA) is 102 Å². The van der Waals surface area contributed by atoms with Gasteiger partial charge < -0.3 is 11.1 Å². The second kappa shape index (κ2) is 6.31. The maximum Gasteiger partial charge on any atom is 0.320 e. The highest BCUT2D eigenvalue weighted by Crippen LogP contribution is 2.32.